The van der Waals surface area contributed by atoms with Crippen LogP contribution in [-0.4, -0.2) is 57.3 Å². The first-order chi connectivity index (χ1) is 19.0. The molecule has 11 nitrogen and oxygen atoms in total. The number of aromatic nitrogens is 5. The Morgan fingerprint density at radius 3 is 2.62 bits per heavy atom. The fraction of sp³-hybridized carbons (Fsp3) is 0.565. The molecule has 216 valence electrons. The first-order valence-electron chi connectivity index (χ1n) is 12.7. The minimum Gasteiger partial charge on any atom is -0.316 e. The van der Waals surface area contributed by atoms with Crippen LogP contribution in [0.2, 0.25) is 0 Å². The number of carbonyl (C=O) groups is 1. The summed E-state index contributed by atoms with van der Waals surface area (Å²) in [7, 11) is -2.65. The van der Waals surface area contributed by atoms with Gasteiger partial charge in [0, 0.05) is 30.1 Å². The Hall–Kier alpha value is -3.05. The summed E-state index contributed by atoms with van der Waals surface area (Å²) in [6, 6.07) is 0.345. The van der Waals surface area contributed by atoms with Gasteiger partial charge in [0.15, 0.2) is 0 Å². The van der Waals surface area contributed by atoms with E-state index in [1.807, 2.05) is 0 Å². The highest BCUT2D eigenvalue weighted by atomic mass is 32.2. The van der Waals surface area contributed by atoms with Crippen LogP contribution < -0.4 is 15.4 Å². The molecule has 0 unspecified atom stereocenters. The van der Waals surface area contributed by atoms with Gasteiger partial charge >= 0.3 is 0 Å². The summed E-state index contributed by atoms with van der Waals surface area (Å²) in [6.07, 6.45) is -2.06. The minimum atomic E-state index is -4.15. The van der Waals surface area contributed by atoms with Gasteiger partial charge in [0.25, 0.3) is 6.43 Å². The van der Waals surface area contributed by atoms with E-state index in [9.17, 15) is 30.8 Å². The van der Waals surface area contributed by atoms with Gasteiger partial charge in [0.2, 0.25) is 21.9 Å². The van der Waals surface area contributed by atoms with Crippen LogP contribution in [0, 0.1) is 5.92 Å². The van der Waals surface area contributed by atoms with Crippen LogP contribution in [0.3, 0.4) is 0 Å². The Balaban J connectivity index is 1.30. The molecule has 17 heteroatoms. The third-order valence-corrected chi connectivity index (χ3v) is 10.4. The van der Waals surface area contributed by atoms with Crippen LogP contribution in [0.25, 0.3) is 0 Å². The number of aryl methyl sites for hydroxylation is 2. The third kappa shape index (κ3) is 5.09. The van der Waals surface area contributed by atoms with Crippen LogP contribution in [-0.2, 0) is 34.7 Å². The van der Waals surface area contributed by atoms with Crippen molar-refractivity contribution in [3.63, 3.8) is 0 Å². The number of thiophene rings is 1. The van der Waals surface area contributed by atoms with Crippen molar-refractivity contribution in [3.05, 3.63) is 28.5 Å². The Kier molecular flexibility index (Phi) is 6.85. The second-order valence-electron chi connectivity index (χ2n) is 10.4. The van der Waals surface area contributed by atoms with E-state index in [-0.39, 0.29) is 53.4 Å². The van der Waals surface area contributed by atoms with Gasteiger partial charge in [-0.1, -0.05) is 0 Å². The number of anilines is 3. The molecule has 3 heterocycles. The molecule has 2 fully saturated rings. The molecule has 0 aromatic carbocycles. The SMILES string of the molecule is Cn1nc(C(F)F)cc1Nc1nncn1[C@H]1CCc2sc(NC(=O)[C@H]3C[C@@H]3F)c(S(=O)(=O)N[C@H]3C[C@@H](F)C3)c2C1. The molecule has 3 aromatic heterocycles. The first-order valence-corrected chi connectivity index (χ1v) is 15.0. The van der Waals surface area contributed by atoms with Gasteiger partial charge in [-0.15, -0.1) is 21.5 Å². The predicted molar refractivity (Wildman–Crippen MR) is 137 cm³/mol. The molecule has 0 radical (unpaired) electrons. The molecular weight excluding hydrogens is 576 g/mol. The zero-order valence-corrected chi connectivity index (χ0v) is 22.8. The van der Waals surface area contributed by atoms with Crippen molar-refractivity contribution < 1.29 is 30.8 Å². The van der Waals surface area contributed by atoms with E-state index >= 15 is 0 Å². The van der Waals surface area contributed by atoms with E-state index in [2.05, 4.69) is 30.7 Å². The lowest BCUT2D eigenvalue weighted by molar-refractivity contribution is -0.117. The van der Waals surface area contributed by atoms with Crippen LogP contribution >= 0.6 is 11.3 Å². The Morgan fingerprint density at radius 2 is 1.98 bits per heavy atom. The molecule has 3 aliphatic rings. The number of sulfonamides is 1. The second-order valence-corrected chi connectivity index (χ2v) is 13.1. The van der Waals surface area contributed by atoms with Crippen LogP contribution in [0.4, 0.5) is 34.3 Å². The standard InChI is InChI=1S/C23H26F4N8O3S2/c1-34-18(8-16(32-34)20(26)27)29-23-31-28-9-35(23)12-2-3-17-14(6-12)19(40(37,38)33-11-4-10(24)5-11)22(39-17)30-21(36)13-7-15(13)25/h8-13,15,20,33H,2-7H2,1H3,(H,29,31)(H,30,36)/t10-,11+,12-,13-,15-/m0/s1. The fourth-order valence-corrected chi connectivity index (χ4v) is 8.37. The molecule has 0 aliphatic heterocycles. The molecule has 40 heavy (non-hydrogen) atoms. The number of carbonyl (C=O) groups excluding carboxylic acids is 1. The molecule has 6 rings (SSSR count). The van der Waals surface area contributed by atoms with Crippen molar-refractivity contribution in [2.24, 2.45) is 13.0 Å². The summed E-state index contributed by atoms with van der Waals surface area (Å²) in [5, 5.41) is 17.5. The molecule has 3 N–H and O–H groups in total. The Morgan fingerprint density at radius 1 is 1.23 bits per heavy atom. The lowest BCUT2D eigenvalue weighted by Crippen LogP contribution is -2.45. The number of hydrogen-bond acceptors (Lipinski definition) is 8. The summed E-state index contributed by atoms with van der Waals surface area (Å²) in [5.74, 6) is -0.851. The number of alkyl halides is 4. The fourth-order valence-electron chi connectivity index (χ4n) is 5.13. The number of halogens is 4. The van der Waals surface area contributed by atoms with Crippen LogP contribution in [0.15, 0.2) is 17.3 Å². The van der Waals surface area contributed by atoms with E-state index in [1.165, 1.54) is 24.1 Å². The van der Waals surface area contributed by atoms with E-state index in [0.717, 1.165) is 16.2 Å². The maximum absolute atomic E-state index is 13.6. The highest BCUT2D eigenvalue weighted by Crippen LogP contribution is 2.45. The quantitative estimate of drug-likeness (QED) is 0.319. The largest absolute Gasteiger partial charge is 0.316 e. The Bertz CT molecular complexity index is 1550. The lowest BCUT2D eigenvalue weighted by Gasteiger charge is -2.30. The van der Waals surface area contributed by atoms with E-state index in [0.29, 0.717) is 18.4 Å². The van der Waals surface area contributed by atoms with Crippen molar-refractivity contribution in [2.75, 3.05) is 10.6 Å². The zero-order chi connectivity index (χ0) is 28.3. The van der Waals surface area contributed by atoms with E-state index in [4.69, 9.17) is 0 Å². The van der Waals surface area contributed by atoms with Crippen molar-refractivity contribution in [3.8, 4) is 0 Å². The van der Waals surface area contributed by atoms with Crippen LogP contribution in [0.5, 0.6) is 0 Å². The van der Waals surface area contributed by atoms with Gasteiger partial charge in [-0.2, -0.15) is 5.10 Å². The molecule has 1 amide bonds. The van der Waals surface area contributed by atoms with Crippen molar-refractivity contribution in [1.29, 1.82) is 0 Å². The maximum Gasteiger partial charge on any atom is 0.282 e. The summed E-state index contributed by atoms with van der Waals surface area (Å²) < 4.78 is 85.8. The molecular formula is C23H26F4N8O3S2. The van der Waals surface area contributed by atoms with Crippen LogP contribution in [0.1, 0.15) is 54.3 Å². The number of hydrogen-bond donors (Lipinski definition) is 3. The molecule has 2 saturated carbocycles. The van der Waals surface area contributed by atoms with E-state index in [1.54, 1.807) is 4.57 Å². The van der Waals surface area contributed by atoms with Gasteiger partial charge in [-0.3, -0.25) is 14.0 Å². The first kappa shape index (κ1) is 27.1. The summed E-state index contributed by atoms with van der Waals surface area (Å²) in [5.41, 5.74) is 0.109. The highest BCUT2D eigenvalue weighted by Gasteiger charge is 2.45. The number of fused-ring (bicyclic) bond motifs is 1. The highest BCUT2D eigenvalue weighted by molar-refractivity contribution is 7.90. The summed E-state index contributed by atoms with van der Waals surface area (Å²) in [6.45, 7) is 0. The molecule has 3 aromatic rings. The van der Waals surface area contributed by atoms with Gasteiger partial charge in [-0.05, 0) is 44.1 Å². The second kappa shape index (κ2) is 10.1. The molecule has 0 bridgehead atoms. The maximum atomic E-state index is 13.6. The molecule has 3 atom stereocenters. The zero-order valence-electron chi connectivity index (χ0n) is 21.2. The lowest BCUT2D eigenvalue weighted by atomic mass is 9.92. The van der Waals surface area contributed by atoms with Crippen molar-refractivity contribution >= 4 is 44.0 Å². The number of amides is 1. The summed E-state index contributed by atoms with van der Waals surface area (Å²) >= 11 is 1.14. The molecule has 3 aliphatic carbocycles. The topological polar surface area (TPSA) is 136 Å². The van der Waals surface area contributed by atoms with Gasteiger partial charge in [0.05, 0.1) is 5.92 Å². The monoisotopic (exact) mass is 602 g/mol. The van der Waals surface area contributed by atoms with Crippen molar-refractivity contribution in [2.45, 2.75) is 74.3 Å². The summed E-state index contributed by atoms with van der Waals surface area (Å²) in [4.78, 5) is 13.2. The number of nitrogens with zero attached hydrogens (tertiary/aromatic N) is 5. The average molecular weight is 603 g/mol. The van der Waals surface area contributed by atoms with Gasteiger partial charge in [0.1, 0.15) is 40.1 Å². The van der Waals surface area contributed by atoms with Gasteiger partial charge < -0.3 is 10.6 Å². The molecule has 0 saturated heterocycles. The third-order valence-electron chi connectivity index (χ3n) is 7.47. The molecule has 0 spiro atoms. The Labute approximate surface area is 230 Å². The smallest absolute Gasteiger partial charge is 0.282 e. The predicted octanol–water partition coefficient (Wildman–Crippen LogP) is 3.56. The average Bonchev–Trinajstić information content (AvgIpc) is 3.19. The van der Waals surface area contributed by atoms with Gasteiger partial charge in [-0.25, -0.2) is 30.7 Å². The van der Waals surface area contributed by atoms with Crippen molar-refractivity contribution in [1.82, 2.24) is 29.3 Å². The number of rotatable bonds is 9. The minimum absolute atomic E-state index is 0.0680. The van der Waals surface area contributed by atoms with E-state index < -0.39 is 52.4 Å². The number of nitrogens with one attached hydrogen (secondary N) is 3. The normalized spacial score (nSPS) is 25.9.